The number of hydrogen-bond acceptors (Lipinski definition) is 3. The van der Waals surface area contributed by atoms with Crippen LogP contribution in [0.15, 0.2) is 30.5 Å². The molecule has 1 aliphatic heterocycles. The van der Waals surface area contributed by atoms with Crippen LogP contribution in [-0.2, 0) is 13.1 Å². The molecule has 17 heavy (non-hydrogen) atoms. The minimum absolute atomic E-state index is 0.940. The van der Waals surface area contributed by atoms with Crippen molar-refractivity contribution in [3.05, 3.63) is 53.0 Å². The first kappa shape index (κ1) is 10.3. The van der Waals surface area contributed by atoms with E-state index in [9.17, 15) is 0 Å². The Labute approximate surface area is 101 Å². The van der Waals surface area contributed by atoms with Crippen LogP contribution in [0.2, 0.25) is 0 Å². The number of benzene rings is 1. The third-order valence-electron chi connectivity index (χ3n) is 3.19. The van der Waals surface area contributed by atoms with E-state index in [0.29, 0.717) is 0 Å². The average Bonchev–Trinajstić information content (AvgIpc) is 2.75. The lowest BCUT2D eigenvalue weighted by molar-refractivity contribution is 0.833. The fraction of sp³-hybridized carbons (Fsp3) is 0.286. The number of aromatic nitrogens is 2. The smallest absolute Gasteiger partial charge is 0.150 e. The molecule has 2 aromatic rings. The molecular formula is C14H15N3. The number of hydrogen-bond donors (Lipinski definition) is 0. The summed E-state index contributed by atoms with van der Waals surface area (Å²) in [5, 5.41) is 0. The largest absolute Gasteiger partial charge is 0.346 e. The Hall–Kier alpha value is -1.90. The summed E-state index contributed by atoms with van der Waals surface area (Å²) in [6.07, 6.45) is 1.82. The summed E-state index contributed by atoms with van der Waals surface area (Å²) in [6.45, 7) is 5.88. The van der Waals surface area contributed by atoms with Gasteiger partial charge in [0.1, 0.15) is 0 Å². The molecule has 0 fully saturated rings. The summed E-state index contributed by atoms with van der Waals surface area (Å²) in [5.41, 5.74) is 4.77. The third kappa shape index (κ3) is 1.78. The molecule has 2 heterocycles. The van der Waals surface area contributed by atoms with E-state index in [0.717, 1.165) is 30.3 Å². The fourth-order valence-electron chi connectivity index (χ4n) is 2.31. The van der Waals surface area contributed by atoms with Crippen LogP contribution in [0.1, 0.15) is 22.5 Å². The quantitative estimate of drug-likeness (QED) is 0.747. The van der Waals surface area contributed by atoms with Crippen LogP contribution in [0, 0.1) is 13.8 Å². The molecule has 1 aromatic heterocycles. The Morgan fingerprint density at radius 2 is 1.71 bits per heavy atom. The second-order valence-electron chi connectivity index (χ2n) is 4.55. The Bertz CT molecular complexity index is 538. The molecule has 0 saturated heterocycles. The molecule has 1 aliphatic rings. The van der Waals surface area contributed by atoms with Crippen molar-refractivity contribution < 1.29 is 0 Å². The molecule has 0 N–H and O–H groups in total. The molecule has 0 unspecified atom stereocenters. The van der Waals surface area contributed by atoms with Crippen LogP contribution in [0.4, 0.5) is 5.82 Å². The maximum Gasteiger partial charge on any atom is 0.150 e. The molecular weight excluding hydrogens is 210 g/mol. The summed E-state index contributed by atoms with van der Waals surface area (Å²) < 4.78 is 0. The zero-order valence-electron chi connectivity index (χ0n) is 10.1. The van der Waals surface area contributed by atoms with Crippen LogP contribution < -0.4 is 4.90 Å². The van der Waals surface area contributed by atoms with Crippen LogP contribution >= 0.6 is 0 Å². The third-order valence-corrected chi connectivity index (χ3v) is 3.19. The van der Waals surface area contributed by atoms with E-state index < -0.39 is 0 Å². The minimum atomic E-state index is 0.940. The van der Waals surface area contributed by atoms with Gasteiger partial charge in [-0.25, -0.2) is 4.98 Å². The van der Waals surface area contributed by atoms with Gasteiger partial charge in [0, 0.05) is 19.3 Å². The highest BCUT2D eigenvalue weighted by atomic mass is 15.2. The van der Waals surface area contributed by atoms with E-state index in [1.165, 1.54) is 11.1 Å². The number of fused-ring (bicyclic) bond motifs is 1. The van der Waals surface area contributed by atoms with Gasteiger partial charge in [0.05, 0.1) is 11.4 Å². The Balaban J connectivity index is 1.96. The second kappa shape index (κ2) is 3.84. The molecule has 0 bridgehead atoms. The molecule has 0 aliphatic carbocycles. The Morgan fingerprint density at radius 3 is 2.35 bits per heavy atom. The second-order valence-corrected chi connectivity index (χ2v) is 4.55. The SMILES string of the molecule is Cc1cnc(C)c(N2Cc3ccccc3C2)n1. The highest BCUT2D eigenvalue weighted by Crippen LogP contribution is 2.28. The van der Waals surface area contributed by atoms with Crippen molar-refractivity contribution in [1.29, 1.82) is 0 Å². The first-order valence-electron chi connectivity index (χ1n) is 5.86. The van der Waals surface area contributed by atoms with Gasteiger partial charge in [0.2, 0.25) is 0 Å². The highest BCUT2D eigenvalue weighted by molar-refractivity contribution is 5.49. The maximum absolute atomic E-state index is 4.60. The van der Waals surface area contributed by atoms with Crippen molar-refractivity contribution in [1.82, 2.24) is 9.97 Å². The summed E-state index contributed by atoms with van der Waals surface area (Å²) in [7, 11) is 0. The number of anilines is 1. The van der Waals surface area contributed by atoms with Gasteiger partial charge in [0.25, 0.3) is 0 Å². The predicted octanol–water partition coefficient (Wildman–Crippen LogP) is 2.61. The molecule has 3 heteroatoms. The lowest BCUT2D eigenvalue weighted by Gasteiger charge is -2.18. The number of nitrogens with zero attached hydrogens (tertiary/aromatic N) is 3. The highest BCUT2D eigenvalue weighted by Gasteiger charge is 2.21. The number of rotatable bonds is 1. The molecule has 0 radical (unpaired) electrons. The standard InChI is InChI=1S/C14H15N3/c1-10-7-15-11(2)14(16-10)17-8-12-5-3-4-6-13(12)9-17/h3-7H,8-9H2,1-2H3. The van der Waals surface area contributed by atoms with Crippen molar-refractivity contribution in [3.8, 4) is 0 Å². The zero-order chi connectivity index (χ0) is 11.8. The van der Waals surface area contributed by atoms with Gasteiger partial charge in [-0.05, 0) is 25.0 Å². The maximum atomic E-state index is 4.60. The predicted molar refractivity (Wildman–Crippen MR) is 67.8 cm³/mol. The summed E-state index contributed by atoms with van der Waals surface area (Å²) >= 11 is 0. The topological polar surface area (TPSA) is 29.0 Å². The molecule has 0 saturated carbocycles. The van der Waals surface area contributed by atoms with Crippen molar-refractivity contribution in [2.24, 2.45) is 0 Å². The Kier molecular flexibility index (Phi) is 2.32. The Morgan fingerprint density at radius 1 is 1.06 bits per heavy atom. The van der Waals surface area contributed by atoms with E-state index in [1.807, 2.05) is 20.0 Å². The molecule has 3 rings (SSSR count). The van der Waals surface area contributed by atoms with Crippen LogP contribution in [0.3, 0.4) is 0 Å². The lowest BCUT2D eigenvalue weighted by atomic mass is 10.1. The summed E-state index contributed by atoms with van der Waals surface area (Å²) in [4.78, 5) is 11.3. The van der Waals surface area contributed by atoms with Crippen molar-refractivity contribution in [3.63, 3.8) is 0 Å². The summed E-state index contributed by atoms with van der Waals surface area (Å²) in [6, 6.07) is 8.57. The lowest BCUT2D eigenvalue weighted by Crippen LogP contribution is -2.18. The molecule has 0 spiro atoms. The van der Waals surface area contributed by atoms with Gasteiger partial charge in [-0.3, -0.25) is 4.98 Å². The molecule has 0 amide bonds. The van der Waals surface area contributed by atoms with E-state index >= 15 is 0 Å². The van der Waals surface area contributed by atoms with E-state index in [-0.39, 0.29) is 0 Å². The minimum Gasteiger partial charge on any atom is -0.346 e. The molecule has 1 aromatic carbocycles. The molecule has 3 nitrogen and oxygen atoms in total. The fourth-order valence-corrected chi connectivity index (χ4v) is 2.31. The normalized spacial score (nSPS) is 13.9. The van der Waals surface area contributed by atoms with Gasteiger partial charge in [-0.2, -0.15) is 0 Å². The first-order valence-corrected chi connectivity index (χ1v) is 5.86. The van der Waals surface area contributed by atoms with E-state index in [1.54, 1.807) is 0 Å². The van der Waals surface area contributed by atoms with Gasteiger partial charge < -0.3 is 4.90 Å². The van der Waals surface area contributed by atoms with Crippen LogP contribution in [0.5, 0.6) is 0 Å². The number of aryl methyl sites for hydroxylation is 2. The first-order chi connectivity index (χ1) is 8.24. The van der Waals surface area contributed by atoms with Gasteiger partial charge in [-0.1, -0.05) is 24.3 Å². The van der Waals surface area contributed by atoms with Gasteiger partial charge in [-0.15, -0.1) is 0 Å². The van der Waals surface area contributed by atoms with E-state index in [2.05, 4.69) is 39.1 Å². The van der Waals surface area contributed by atoms with E-state index in [4.69, 9.17) is 0 Å². The monoisotopic (exact) mass is 225 g/mol. The average molecular weight is 225 g/mol. The van der Waals surface area contributed by atoms with Crippen LogP contribution in [0.25, 0.3) is 0 Å². The van der Waals surface area contributed by atoms with Gasteiger partial charge >= 0.3 is 0 Å². The molecule has 0 atom stereocenters. The zero-order valence-corrected chi connectivity index (χ0v) is 10.1. The van der Waals surface area contributed by atoms with Crippen molar-refractivity contribution in [2.75, 3.05) is 4.90 Å². The van der Waals surface area contributed by atoms with Crippen molar-refractivity contribution >= 4 is 5.82 Å². The van der Waals surface area contributed by atoms with Crippen LogP contribution in [-0.4, -0.2) is 9.97 Å². The van der Waals surface area contributed by atoms with Crippen molar-refractivity contribution in [2.45, 2.75) is 26.9 Å². The summed E-state index contributed by atoms with van der Waals surface area (Å²) in [5.74, 6) is 1.02. The molecule has 86 valence electrons. The van der Waals surface area contributed by atoms with Gasteiger partial charge in [0.15, 0.2) is 5.82 Å².